The molecular formula is C21H20FN3O2. The number of likely N-dealkylation sites (tertiary alicyclic amines) is 1. The number of benzene rings is 2. The molecule has 1 fully saturated rings. The third-order valence-electron chi connectivity index (χ3n) is 4.85. The molecule has 0 bridgehead atoms. The Balaban J connectivity index is 1.50. The van der Waals surface area contributed by atoms with Crippen LogP contribution >= 0.6 is 0 Å². The minimum absolute atomic E-state index is 0.00853. The zero-order valence-corrected chi connectivity index (χ0v) is 15.1. The van der Waals surface area contributed by atoms with E-state index >= 15 is 0 Å². The van der Waals surface area contributed by atoms with Gasteiger partial charge in [-0.2, -0.15) is 0 Å². The van der Waals surface area contributed by atoms with Crippen molar-refractivity contribution in [2.75, 3.05) is 13.1 Å². The van der Waals surface area contributed by atoms with Gasteiger partial charge >= 0.3 is 0 Å². The highest BCUT2D eigenvalue weighted by Gasteiger charge is 2.29. The van der Waals surface area contributed by atoms with Gasteiger partial charge in [0, 0.05) is 24.2 Å². The van der Waals surface area contributed by atoms with E-state index in [0.29, 0.717) is 29.5 Å². The summed E-state index contributed by atoms with van der Waals surface area (Å²) in [5.41, 5.74) is 2.45. The number of nitrogens with zero attached hydrogens (tertiary/aromatic N) is 3. The van der Waals surface area contributed by atoms with Crippen molar-refractivity contribution in [1.82, 2.24) is 15.1 Å². The highest BCUT2D eigenvalue weighted by Crippen LogP contribution is 2.29. The monoisotopic (exact) mass is 365 g/mol. The van der Waals surface area contributed by atoms with Crippen molar-refractivity contribution in [1.29, 1.82) is 0 Å². The van der Waals surface area contributed by atoms with Crippen LogP contribution in [-0.2, 0) is 0 Å². The van der Waals surface area contributed by atoms with Crippen LogP contribution in [0.15, 0.2) is 52.9 Å². The van der Waals surface area contributed by atoms with Crippen molar-refractivity contribution in [3.63, 3.8) is 0 Å². The van der Waals surface area contributed by atoms with Crippen LogP contribution in [0.25, 0.3) is 11.5 Å². The molecule has 1 aliphatic rings. The summed E-state index contributed by atoms with van der Waals surface area (Å²) in [6.07, 6.45) is 1.78. The molecule has 1 saturated heterocycles. The summed E-state index contributed by atoms with van der Waals surface area (Å²) in [7, 11) is 0. The number of carbonyl (C=O) groups is 1. The Bertz CT molecular complexity index is 952. The van der Waals surface area contributed by atoms with Crippen molar-refractivity contribution in [2.24, 2.45) is 0 Å². The molecule has 1 unspecified atom stereocenters. The number of rotatable bonds is 3. The van der Waals surface area contributed by atoms with E-state index in [1.807, 2.05) is 36.1 Å². The predicted molar refractivity (Wildman–Crippen MR) is 98.7 cm³/mol. The van der Waals surface area contributed by atoms with Gasteiger partial charge in [-0.3, -0.25) is 4.79 Å². The molecule has 27 heavy (non-hydrogen) atoms. The number of amides is 1. The lowest BCUT2D eigenvalue weighted by atomic mass is 9.97. The number of hydrogen-bond donors (Lipinski definition) is 0. The van der Waals surface area contributed by atoms with Gasteiger partial charge in [0.25, 0.3) is 5.91 Å². The molecule has 0 N–H and O–H groups in total. The van der Waals surface area contributed by atoms with Crippen LogP contribution < -0.4 is 0 Å². The van der Waals surface area contributed by atoms with Gasteiger partial charge in [0.2, 0.25) is 11.8 Å². The first-order chi connectivity index (χ1) is 13.1. The third kappa shape index (κ3) is 3.74. The molecule has 2 aromatic carbocycles. The lowest BCUT2D eigenvalue weighted by molar-refractivity contribution is 0.0698. The average molecular weight is 365 g/mol. The molecule has 3 aromatic rings. The van der Waals surface area contributed by atoms with E-state index < -0.39 is 0 Å². The Labute approximate surface area is 156 Å². The third-order valence-corrected chi connectivity index (χ3v) is 4.85. The zero-order chi connectivity index (χ0) is 18.8. The first-order valence-electron chi connectivity index (χ1n) is 9.05. The summed E-state index contributed by atoms with van der Waals surface area (Å²) in [4.78, 5) is 14.7. The largest absolute Gasteiger partial charge is 0.420 e. The van der Waals surface area contributed by atoms with E-state index in [0.717, 1.165) is 24.9 Å². The Hall–Kier alpha value is -3.02. The lowest BCUT2D eigenvalue weighted by Gasteiger charge is -2.31. The van der Waals surface area contributed by atoms with Crippen molar-refractivity contribution in [2.45, 2.75) is 25.7 Å². The fourth-order valence-corrected chi connectivity index (χ4v) is 3.43. The predicted octanol–water partition coefficient (Wildman–Crippen LogP) is 4.20. The fraction of sp³-hybridized carbons (Fsp3) is 0.286. The molecule has 1 aromatic heterocycles. The maximum absolute atomic E-state index is 13.1. The minimum atomic E-state index is -0.309. The molecule has 4 rings (SSSR count). The number of halogens is 1. The molecule has 6 heteroatoms. The Morgan fingerprint density at radius 2 is 2.00 bits per heavy atom. The molecule has 1 amide bonds. The van der Waals surface area contributed by atoms with Crippen LogP contribution in [0.3, 0.4) is 0 Å². The van der Waals surface area contributed by atoms with Crippen LogP contribution in [0, 0.1) is 12.7 Å². The van der Waals surface area contributed by atoms with E-state index in [1.165, 1.54) is 12.1 Å². The Morgan fingerprint density at radius 1 is 1.19 bits per heavy atom. The Morgan fingerprint density at radius 3 is 2.78 bits per heavy atom. The molecular weight excluding hydrogens is 345 g/mol. The van der Waals surface area contributed by atoms with Crippen molar-refractivity contribution in [3.8, 4) is 11.5 Å². The van der Waals surface area contributed by atoms with Gasteiger partial charge in [-0.25, -0.2) is 4.39 Å². The number of piperidine rings is 1. The summed E-state index contributed by atoms with van der Waals surface area (Å²) in [6.45, 7) is 3.26. The quantitative estimate of drug-likeness (QED) is 0.698. The van der Waals surface area contributed by atoms with Crippen LogP contribution in [0.1, 0.15) is 40.6 Å². The Kier molecular flexibility index (Phi) is 4.71. The van der Waals surface area contributed by atoms with Crippen molar-refractivity contribution >= 4 is 5.91 Å². The second kappa shape index (κ2) is 7.31. The van der Waals surface area contributed by atoms with E-state index in [-0.39, 0.29) is 17.6 Å². The average Bonchev–Trinajstić information content (AvgIpc) is 3.18. The minimum Gasteiger partial charge on any atom is -0.420 e. The van der Waals surface area contributed by atoms with Crippen molar-refractivity contribution in [3.05, 3.63) is 71.4 Å². The summed E-state index contributed by atoms with van der Waals surface area (Å²) < 4.78 is 18.9. The van der Waals surface area contributed by atoms with Gasteiger partial charge in [0.1, 0.15) is 5.82 Å². The standard InChI is InChI=1S/C21H20FN3O2/c1-14-4-2-5-16(12-14)21(26)25-11-3-6-17(13-25)20-24-23-19(27-20)15-7-9-18(22)10-8-15/h2,4-5,7-10,12,17H,3,6,11,13H2,1H3. The molecule has 0 aliphatic carbocycles. The molecule has 5 nitrogen and oxygen atoms in total. The van der Waals surface area contributed by atoms with Gasteiger partial charge in [-0.05, 0) is 56.2 Å². The zero-order valence-electron chi connectivity index (χ0n) is 15.1. The second-order valence-corrected chi connectivity index (χ2v) is 6.91. The highest BCUT2D eigenvalue weighted by molar-refractivity contribution is 5.94. The van der Waals surface area contributed by atoms with Gasteiger partial charge in [-0.15, -0.1) is 10.2 Å². The molecule has 0 spiro atoms. The molecule has 0 radical (unpaired) electrons. The first kappa shape index (κ1) is 17.4. The normalized spacial score (nSPS) is 17.1. The first-order valence-corrected chi connectivity index (χ1v) is 9.05. The van der Waals surface area contributed by atoms with E-state index in [1.54, 1.807) is 12.1 Å². The number of aromatic nitrogens is 2. The fourth-order valence-electron chi connectivity index (χ4n) is 3.43. The summed E-state index contributed by atoms with van der Waals surface area (Å²) >= 11 is 0. The van der Waals surface area contributed by atoms with E-state index in [4.69, 9.17) is 4.42 Å². The van der Waals surface area contributed by atoms with Gasteiger partial charge in [0.15, 0.2) is 0 Å². The van der Waals surface area contributed by atoms with Gasteiger partial charge in [0.05, 0.1) is 5.92 Å². The van der Waals surface area contributed by atoms with Crippen LogP contribution in [0.2, 0.25) is 0 Å². The number of carbonyl (C=O) groups excluding carboxylic acids is 1. The number of hydrogen-bond acceptors (Lipinski definition) is 4. The lowest BCUT2D eigenvalue weighted by Crippen LogP contribution is -2.39. The summed E-state index contributed by atoms with van der Waals surface area (Å²) in [5, 5.41) is 8.26. The molecule has 1 atom stereocenters. The van der Waals surface area contributed by atoms with E-state index in [9.17, 15) is 9.18 Å². The summed E-state index contributed by atoms with van der Waals surface area (Å²) in [5.74, 6) is 0.621. The van der Waals surface area contributed by atoms with Crippen molar-refractivity contribution < 1.29 is 13.6 Å². The van der Waals surface area contributed by atoms with E-state index in [2.05, 4.69) is 10.2 Å². The number of aryl methyl sites for hydroxylation is 1. The van der Waals surface area contributed by atoms with Crippen LogP contribution in [-0.4, -0.2) is 34.1 Å². The molecule has 2 heterocycles. The highest BCUT2D eigenvalue weighted by atomic mass is 19.1. The SMILES string of the molecule is Cc1cccc(C(=O)N2CCCC(c3nnc(-c4ccc(F)cc4)o3)C2)c1. The van der Waals surface area contributed by atoms with Gasteiger partial charge in [-0.1, -0.05) is 17.7 Å². The second-order valence-electron chi connectivity index (χ2n) is 6.91. The summed E-state index contributed by atoms with van der Waals surface area (Å²) in [6, 6.07) is 13.6. The van der Waals surface area contributed by atoms with Gasteiger partial charge < -0.3 is 9.32 Å². The maximum atomic E-state index is 13.1. The molecule has 1 aliphatic heterocycles. The smallest absolute Gasteiger partial charge is 0.253 e. The maximum Gasteiger partial charge on any atom is 0.253 e. The van der Waals surface area contributed by atoms with Crippen LogP contribution in [0.5, 0.6) is 0 Å². The topological polar surface area (TPSA) is 59.2 Å². The molecule has 138 valence electrons. The molecule has 0 saturated carbocycles. The van der Waals surface area contributed by atoms with Crippen LogP contribution in [0.4, 0.5) is 4.39 Å².